The average Bonchev–Trinajstić information content (AvgIpc) is 2.34. The quantitative estimate of drug-likeness (QED) is 0.717. The van der Waals surface area contributed by atoms with Gasteiger partial charge in [0.1, 0.15) is 19.6 Å². The molecular weight excluding hydrogens is 295 g/mol. The summed E-state index contributed by atoms with van der Waals surface area (Å²) in [5.41, 5.74) is 0. The Balaban J connectivity index is 5.08. The molecule has 21 heavy (non-hydrogen) atoms. The summed E-state index contributed by atoms with van der Waals surface area (Å²) in [6.45, 7) is -1.49. The fraction of sp³-hybridized carbons (Fsp3) is 0.727. The molecule has 0 rings (SSSR count). The van der Waals surface area contributed by atoms with Crippen LogP contribution >= 0.6 is 0 Å². The minimum absolute atomic E-state index is 0.0419. The summed E-state index contributed by atoms with van der Waals surface area (Å²) < 4.78 is 37.2. The molecule has 122 valence electrons. The smallest absolute Gasteiger partial charge is 0.406 e. The summed E-state index contributed by atoms with van der Waals surface area (Å²) in [5.74, 6) is -2.12. The van der Waals surface area contributed by atoms with Gasteiger partial charge in [-0.05, 0) is 6.42 Å². The molecule has 0 aliphatic heterocycles. The van der Waals surface area contributed by atoms with E-state index in [1.807, 2.05) is 0 Å². The summed E-state index contributed by atoms with van der Waals surface area (Å²) >= 11 is 0. The van der Waals surface area contributed by atoms with Gasteiger partial charge in [0.05, 0.1) is 0 Å². The Labute approximate surface area is 119 Å². The molecule has 0 spiro atoms. The minimum Gasteiger partial charge on any atom is -0.480 e. The lowest BCUT2D eigenvalue weighted by atomic mass is 10.3. The topological polar surface area (TPSA) is 90.0 Å². The molecule has 0 radical (unpaired) electrons. The van der Waals surface area contributed by atoms with Crippen LogP contribution in [0.1, 0.15) is 13.3 Å². The third-order valence-corrected chi connectivity index (χ3v) is 2.34. The molecule has 10 heteroatoms. The van der Waals surface area contributed by atoms with Crippen LogP contribution in [0.5, 0.6) is 0 Å². The molecule has 7 nitrogen and oxygen atoms in total. The van der Waals surface area contributed by atoms with Crippen molar-refractivity contribution in [2.24, 2.45) is 0 Å². The zero-order valence-electron chi connectivity index (χ0n) is 11.7. The number of rotatable bonds is 7. The van der Waals surface area contributed by atoms with Crippen molar-refractivity contribution in [3.8, 4) is 0 Å². The van der Waals surface area contributed by atoms with Crippen LogP contribution in [0.25, 0.3) is 0 Å². The molecule has 0 aromatic heterocycles. The van der Waals surface area contributed by atoms with E-state index in [-0.39, 0.29) is 11.4 Å². The Morgan fingerprint density at radius 3 is 2.10 bits per heavy atom. The lowest BCUT2D eigenvalue weighted by molar-refractivity contribution is -0.149. The second-order valence-electron chi connectivity index (χ2n) is 4.24. The number of hydrogen-bond donors (Lipinski definition) is 2. The van der Waals surface area contributed by atoms with Crippen LogP contribution in [0.3, 0.4) is 0 Å². The third-order valence-electron chi connectivity index (χ3n) is 2.34. The van der Waals surface area contributed by atoms with E-state index in [0.29, 0.717) is 6.42 Å². The first kappa shape index (κ1) is 19.0. The predicted molar refractivity (Wildman–Crippen MR) is 66.6 cm³/mol. The number of carboxylic acid groups (broad SMARTS) is 1. The van der Waals surface area contributed by atoms with Crippen LogP contribution in [-0.4, -0.2) is 72.2 Å². The van der Waals surface area contributed by atoms with E-state index in [0.717, 1.165) is 4.90 Å². The van der Waals surface area contributed by atoms with Crippen molar-refractivity contribution >= 4 is 17.9 Å². The Morgan fingerprint density at radius 1 is 1.14 bits per heavy atom. The molecule has 3 amide bonds. The van der Waals surface area contributed by atoms with Crippen LogP contribution in [0.15, 0.2) is 0 Å². The SMILES string of the molecule is CCCN(CC(=O)NC)C(=O)N(CC(=O)O)CC(F)(F)F. The Hall–Kier alpha value is -2.00. The molecule has 0 aromatic carbocycles. The highest BCUT2D eigenvalue weighted by Crippen LogP contribution is 2.17. The van der Waals surface area contributed by atoms with Gasteiger partial charge in [0.15, 0.2) is 0 Å². The average molecular weight is 313 g/mol. The molecule has 0 saturated carbocycles. The van der Waals surface area contributed by atoms with E-state index in [9.17, 15) is 27.6 Å². The third kappa shape index (κ3) is 8.00. The molecule has 0 aromatic rings. The Morgan fingerprint density at radius 2 is 1.71 bits per heavy atom. The standard InChI is InChI=1S/C11H18F3N3O4/c1-3-4-16(5-8(18)15-2)10(21)17(6-9(19)20)7-11(12,13)14/h3-7H2,1-2H3,(H,15,18)(H,19,20). The van der Waals surface area contributed by atoms with E-state index in [4.69, 9.17) is 5.11 Å². The number of carbonyl (C=O) groups excluding carboxylic acids is 2. The maximum atomic E-state index is 12.4. The van der Waals surface area contributed by atoms with Crippen LogP contribution in [0, 0.1) is 0 Å². The fourth-order valence-electron chi connectivity index (χ4n) is 1.54. The number of aliphatic carboxylic acids is 1. The predicted octanol–water partition coefficient (Wildman–Crippen LogP) is 0.513. The number of carbonyl (C=O) groups is 3. The zero-order chi connectivity index (χ0) is 16.6. The highest BCUT2D eigenvalue weighted by molar-refractivity contribution is 5.85. The second kappa shape index (κ2) is 8.32. The number of carboxylic acids is 1. The molecule has 0 bridgehead atoms. The highest BCUT2D eigenvalue weighted by Gasteiger charge is 2.35. The van der Waals surface area contributed by atoms with Gasteiger partial charge in [-0.15, -0.1) is 0 Å². The number of likely N-dealkylation sites (N-methyl/N-ethyl adjacent to an activating group) is 1. The lowest BCUT2D eigenvalue weighted by Crippen LogP contribution is -2.51. The first-order valence-corrected chi connectivity index (χ1v) is 6.13. The van der Waals surface area contributed by atoms with E-state index in [1.54, 1.807) is 6.92 Å². The summed E-state index contributed by atoms with van der Waals surface area (Å²) in [6.07, 6.45) is -4.31. The lowest BCUT2D eigenvalue weighted by Gasteiger charge is -2.29. The van der Waals surface area contributed by atoms with Gasteiger partial charge in [-0.3, -0.25) is 9.59 Å². The summed E-state index contributed by atoms with van der Waals surface area (Å²) in [6, 6.07) is -1.14. The number of alkyl halides is 3. The van der Waals surface area contributed by atoms with E-state index >= 15 is 0 Å². The maximum absolute atomic E-state index is 12.4. The summed E-state index contributed by atoms with van der Waals surface area (Å²) in [7, 11) is 1.32. The van der Waals surface area contributed by atoms with Gasteiger partial charge < -0.3 is 20.2 Å². The van der Waals surface area contributed by atoms with Gasteiger partial charge in [-0.25, -0.2) is 4.79 Å². The van der Waals surface area contributed by atoms with Gasteiger partial charge in [0.25, 0.3) is 0 Å². The van der Waals surface area contributed by atoms with Crippen LogP contribution in [0.2, 0.25) is 0 Å². The Bertz CT molecular complexity index is 387. The van der Waals surface area contributed by atoms with Crippen LogP contribution < -0.4 is 5.32 Å². The summed E-state index contributed by atoms with van der Waals surface area (Å²) in [5, 5.41) is 10.9. The number of nitrogens with zero attached hydrogens (tertiary/aromatic N) is 2. The maximum Gasteiger partial charge on any atom is 0.406 e. The first-order valence-electron chi connectivity index (χ1n) is 6.13. The van der Waals surface area contributed by atoms with Gasteiger partial charge >= 0.3 is 18.2 Å². The molecule has 0 aliphatic rings. The van der Waals surface area contributed by atoms with Crippen molar-refractivity contribution in [2.45, 2.75) is 19.5 Å². The normalized spacial score (nSPS) is 10.9. The van der Waals surface area contributed by atoms with Crippen LogP contribution in [-0.2, 0) is 9.59 Å². The molecule has 0 heterocycles. The number of nitrogens with one attached hydrogen (secondary N) is 1. The monoisotopic (exact) mass is 313 g/mol. The van der Waals surface area contributed by atoms with Crippen molar-refractivity contribution < 1.29 is 32.7 Å². The van der Waals surface area contributed by atoms with E-state index in [1.165, 1.54) is 7.05 Å². The molecule has 0 fully saturated rings. The molecule has 0 atom stereocenters. The molecule has 0 unspecified atom stereocenters. The summed E-state index contributed by atoms with van der Waals surface area (Å²) in [4.78, 5) is 34.9. The largest absolute Gasteiger partial charge is 0.480 e. The molecular formula is C11H18F3N3O4. The van der Waals surface area contributed by atoms with Crippen molar-refractivity contribution in [1.29, 1.82) is 0 Å². The zero-order valence-corrected chi connectivity index (χ0v) is 11.7. The van der Waals surface area contributed by atoms with Gasteiger partial charge in [-0.2, -0.15) is 13.2 Å². The van der Waals surface area contributed by atoms with Crippen molar-refractivity contribution in [2.75, 3.05) is 33.2 Å². The Kier molecular flexibility index (Phi) is 7.53. The molecule has 0 aliphatic carbocycles. The van der Waals surface area contributed by atoms with Gasteiger partial charge in [-0.1, -0.05) is 6.92 Å². The van der Waals surface area contributed by atoms with Crippen molar-refractivity contribution in [1.82, 2.24) is 15.1 Å². The van der Waals surface area contributed by atoms with E-state index < -0.39 is 43.7 Å². The van der Waals surface area contributed by atoms with Crippen molar-refractivity contribution in [3.63, 3.8) is 0 Å². The van der Waals surface area contributed by atoms with Gasteiger partial charge in [0, 0.05) is 13.6 Å². The number of hydrogen-bond acceptors (Lipinski definition) is 3. The van der Waals surface area contributed by atoms with E-state index in [2.05, 4.69) is 5.32 Å². The number of urea groups is 1. The molecule has 2 N–H and O–H groups in total. The number of halogens is 3. The van der Waals surface area contributed by atoms with Gasteiger partial charge in [0.2, 0.25) is 5.91 Å². The van der Waals surface area contributed by atoms with Crippen molar-refractivity contribution in [3.05, 3.63) is 0 Å². The van der Waals surface area contributed by atoms with Crippen LogP contribution in [0.4, 0.5) is 18.0 Å². The second-order valence-corrected chi connectivity index (χ2v) is 4.24. The molecule has 0 saturated heterocycles. The fourth-order valence-corrected chi connectivity index (χ4v) is 1.54. The first-order chi connectivity index (χ1) is 9.60. The number of amides is 3. The highest BCUT2D eigenvalue weighted by atomic mass is 19.4. The minimum atomic E-state index is -4.73.